The number of nitrogens with zero attached hydrogens (tertiary/aromatic N) is 1. The summed E-state index contributed by atoms with van der Waals surface area (Å²) in [6.07, 6.45) is 1.60. The molecule has 0 aromatic heterocycles. The molecule has 6 heteroatoms. The lowest BCUT2D eigenvalue weighted by atomic mass is 10.1. The fourth-order valence-corrected chi connectivity index (χ4v) is 3.57. The van der Waals surface area contributed by atoms with E-state index in [0.717, 1.165) is 49.5 Å². The first-order chi connectivity index (χ1) is 15.0. The Morgan fingerprint density at radius 3 is 2.65 bits per heavy atom. The second kappa shape index (κ2) is 11.7. The third-order valence-corrected chi connectivity index (χ3v) is 5.60. The first kappa shape index (κ1) is 23.1. The van der Waals surface area contributed by atoms with Gasteiger partial charge in [-0.05, 0) is 63.6 Å². The minimum atomic E-state index is -0.567. The van der Waals surface area contributed by atoms with Crippen LogP contribution in [0.15, 0.2) is 48.5 Å². The van der Waals surface area contributed by atoms with Gasteiger partial charge in [0, 0.05) is 32.3 Å². The number of rotatable bonds is 10. The summed E-state index contributed by atoms with van der Waals surface area (Å²) in [6.45, 7) is 7.40. The van der Waals surface area contributed by atoms with E-state index in [9.17, 15) is 4.79 Å². The van der Waals surface area contributed by atoms with Crippen molar-refractivity contribution >= 4 is 5.91 Å². The van der Waals surface area contributed by atoms with Gasteiger partial charge < -0.3 is 19.5 Å². The molecule has 6 nitrogen and oxygen atoms in total. The summed E-state index contributed by atoms with van der Waals surface area (Å²) in [5.74, 6) is 1.36. The number of benzene rings is 2. The molecule has 168 valence electrons. The quantitative estimate of drug-likeness (QED) is 0.629. The maximum absolute atomic E-state index is 12.4. The minimum absolute atomic E-state index is 0.148. The van der Waals surface area contributed by atoms with Crippen LogP contribution in [0.5, 0.6) is 11.5 Å². The average molecular weight is 427 g/mol. The van der Waals surface area contributed by atoms with Crippen molar-refractivity contribution in [3.63, 3.8) is 0 Å². The van der Waals surface area contributed by atoms with E-state index in [2.05, 4.69) is 17.3 Å². The third kappa shape index (κ3) is 7.56. The molecule has 1 heterocycles. The Bertz CT molecular complexity index is 819. The molecule has 1 saturated heterocycles. The summed E-state index contributed by atoms with van der Waals surface area (Å²) >= 11 is 0. The molecule has 0 bridgehead atoms. The summed E-state index contributed by atoms with van der Waals surface area (Å²) in [4.78, 5) is 14.7. The topological polar surface area (TPSA) is 60.0 Å². The summed E-state index contributed by atoms with van der Waals surface area (Å²) in [7, 11) is 2.14. The van der Waals surface area contributed by atoms with E-state index in [1.165, 1.54) is 0 Å². The second-order valence-electron chi connectivity index (χ2n) is 8.11. The molecule has 2 aromatic carbocycles. The van der Waals surface area contributed by atoms with Gasteiger partial charge in [-0.15, -0.1) is 0 Å². The first-order valence-electron chi connectivity index (χ1n) is 11.0. The number of ether oxygens (including phenoxy) is 3. The molecule has 2 aromatic rings. The molecule has 1 fully saturated rings. The molecule has 1 atom stereocenters. The molecule has 1 unspecified atom stereocenters. The summed E-state index contributed by atoms with van der Waals surface area (Å²) < 4.78 is 17.1. The SMILES string of the molecule is Cc1ccc(OC(C)C(=O)NCc2cccc(OCCN(C)C3CCOCC3)c2)cc1. The van der Waals surface area contributed by atoms with Gasteiger partial charge in [-0.3, -0.25) is 9.69 Å². The van der Waals surface area contributed by atoms with Crippen LogP contribution < -0.4 is 14.8 Å². The zero-order valence-electron chi connectivity index (χ0n) is 18.8. The lowest BCUT2D eigenvalue weighted by Crippen LogP contribution is -2.38. The number of aryl methyl sites for hydroxylation is 1. The molecule has 31 heavy (non-hydrogen) atoms. The molecular formula is C25H34N2O4. The third-order valence-electron chi connectivity index (χ3n) is 5.60. The number of hydrogen-bond donors (Lipinski definition) is 1. The van der Waals surface area contributed by atoms with E-state index in [0.29, 0.717) is 24.9 Å². The van der Waals surface area contributed by atoms with Crippen LogP contribution in [0.1, 0.15) is 30.9 Å². The average Bonchev–Trinajstić information content (AvgIpc) is 2.79. The molecule has 0 radical (unpaired) electrons. The van der Waals surface area contributed by atoms with Crippen LogP contribution in [0.25, 0.3) is 0 Å². The largest absolute Gasteiger partial charge is 0.492 e. The maximum atomic E-state index is 12.4. The number of hydrogen-bond acceptors (Lipinski definition) is 5. The van der Waals surface area contributed by atoms with Gasteiger partial charge in [-0.1, -0.05) is 29.8 Å². The molecule has 0 saturated carbocycles. The summed E-state index contributed by atoms with van der Waals surface area (Å²) in [5, 5.41) is 2.94. The number of likely N-dealkylation sites (N-methyl/N-ethyl adjacent to an activating group) is 1. The van der Waals surface area contributed by atoms with Crippen molar-refractivity contribution in [1.29, 1.82) is 0 Å². The van der Waals surface area contributed by atoms with Crippen molar-refractivity contribution < 1.29 is 19.0 Å². The van der Waals surface area contributed by atoms with Crippen molar-refractivity contribution in [1.82, 2.24) is 10.2 Å². The van der Waals surface area contributed by atoms with Crippen molar-refractivity contribution in [2.45, 2.75) is 45.4 Å². The monoisotopic (exact) mass is 426 g/mol. The van der Waals surface area contributed by atoms with Crippen molar-refractivity contribution in [3.8, 4) is 11.5 Å². The van der Waals surface area contributed by atoms with Gasteiger partial charge in [0.05, 0.1) is 0 Å². The Morgan fingerprint density at radius 2 is 1.90 bits per heavy atom. The highest BCUT2D eigenvalue weighted by atomic mass is 16.5. The standard InChI is InChI=1S/C25H34N2O4/c1-19-7-9-23(10-8-19)31-20(2)25(28)26-18-21-5-4-6-24(17-21)30-16-13-27(3)22-11-14-29-15-12-22/h4-10,17,20,22H,11-16,18H2,1-3H3,(H,26,28). The fourth-order valence-electron chi connectivity index (χ4n) is 3.57. The van der Waals surface area contributed by atoms with Crippen molar-refractivity contribution in [3.05, 3.63) is 59.7 Å². The lowest BCUT2D eigenvalue weighted by molar-refractivity contribution is -0.127. The van der Waals surface area contributed by atoms with E-state index in [-0.39, 0.29) is 5.91 Å². The van der Waals surface area contributed by atoms with Gasteiger partial charge in [0.1, 0.15) is 18.1 Å². The predicted molar refractivity (Wildman–Crippen MR) is 122 cm³/mol. The molecule has 1 N–H and O–H groups in total. The Labute approximate surface area is 185 Å². The molecule has 0 spiro atoms. The number of carbonyl (C=O) groups is 1. The highest BCUT2D eigenvalue weighted by Gasteiger charge is 2.18. The van der Waals surface area contributed by atoms with E-state index in [1.54, 1.807) is 6.92 Å². The fraction of sp³-hybridized carbons (Fsp3) is 0.480. The van der Waals surface area contributed by atoms with Gasteiger partial charge in [0.15, 0.2) is 6.10 Å². The van der Waals surface area contributed by atoms with E-state index in [1.807, 2.05) is 55.5 Å². The van der Waals surface area contributed by atoms with Gasteiger partial charge >= 0.3 is 0 Å². The minimum Gasteiger partial charge on any atom is -0.492 e. The summed E-state index contributed by atoms with van der Waals surface area (Å²) in [5.41, 5.74) is 2.15. The van der Waals surface area contributed by atoms with Crippen molar-refractivity contribution in [2.24, 2.45) is 0 Å². The normalized spacial score (nSPS) is 15.5. The molecule has 3 rings (SSSR count). The first-order valence-corrected chi connectivity index (χ1v) is 11.0. The Kier molecular flexibility index (Phi) is 8.74. The molecular weight excluding hydrogens is 392 g/mol. The zero-order valence-corrected chi connectivity index (χ0v) is 18.8. The highest BCUT2D eigenvalue weighted by Crippen LogP contribution is 2.16. The zero-order chi connectivity index (χ0) is 22.1. The number of carbonyl (C=O) groups excluding carboxylic acids is 1. The van der Waals surface area contributed by atoms with Crippen LogP contribution in [0, 0.1) is 6.92 Å². The van der Waals surface area contributed by atoms with Gasteiger partial charge in [0.2, 0.25) is 0 Å². The van der Waals surface area contributed by atoms with Crippen LogP contribution >= 0.6 is 0 Å². The van der Waals surface area contributed by atoms with Crippen LogP contribution in [-0.2, 0) is 16.1 Å². The summed E-state index contributed by atoms with van der Waals surface area (Å²) in [6, 6.07) is 16.1. The van der Waals surface area contributed by atoms with Gasteiger partial charge in [0.25, 0.3) is 5.91 Å². The number of amides is 1. The van der Waals surface area contributed by atoms with Crippen LogP contribution in [-0.4, -0.2) is 56.4 Å². The van der Waals surface area contributed by atoms with E-state index >= 15 is 0 Å². The van der Waals surface area contributed by atoms with E-state index < -0.39 is 6.10 Å². The Balaban J connectivity index is 1.41. The molecule has 1 amide bonds. The van der Waals surface area contributed by atoms with Crippen LogP contribution in [0.2, 0.25) is 0 Å². The molecule has 0 aliphatic carbocycles. The van der Waals surface area contributed by atoms with E-state index in [4.69, 9.17) is 14.2 Å². The van der Waals surface area contributed by atoms with Crippen LogP contribution in [0.4, 0.5) is 0 Å². The smallest absolute Gasteiger partial charge is 0.261 e. The van der Waals surface area contributed by atoms with Gasteiger partial charge in [-0.25, -0.2) is 0 Å². The molecule has 1 aliphatic heterocycles. The lowest BCUT2D eigenvalue weighted by Gasteiger charge is -2.31. The van der Waals surface area contributed by atoms with Crippen LogP contribution in [0.3, 0.4) is 0 Å². The highest BCUT2D eigenvalue weighted by molar-refractivity contribution is 5.80. The Hall–Kier alpha value is -2.57. The van der Waals surface area contributed by atoms with Crippen molar-refractivity contribution in [2.75, 3.05) is 33.4 Å². The molecule has 1 aliphatic rings. The number of nitrogens with one attached hydrogen (secondary N) is 1. The maximum Gasteiger partial charge on any atom is 0.261 e. The second-order valence-corrected chi connectivity index (χ2v) is 8.11. The predicted octanol–water partition coefficient (Wildman–Crippen LogP) is 3.57. The Morgan fingerprint density at radius 1 is 1.16 bits per heavy atom. The van der Waals surface area contributed by atoms with Gasteiger partial charge in [-0.2, -0.15) is 0 Å².